The number of aliphatic hydroxyl groups is 1. The Kier molecular flexibility index (Phi) is 4.89. The number of benzene rings is 1. The van der Waals surface area contributed by atoms with Gasteiger partial charge in [-0.1, -0.05) is 41.9 Å². The van der Waals surface area contributed by atoms with Crippen molar-refractivity contribution in [3.63, 3.8) is 0 Å². The lowest BCUT2D eigenvalue weighted by atomic mass is 10.1. The lowest BCUT2D eigenvalue weighted by Crippen LogP contribution is -2.26. The molecule has 0 unspecified atom stereocenters. The lowest BCUT2D eigenvalue weighted by molar-refractivity contribution is -0.129. The monoisotopic (exact) mass is 308 g/mol. The van der Waals surface area contributed by atoms with Crippen LogP contribution in [0.1, 0.15) is 23.5 Å². The summed E-state index contributed by atoms with van der Waals surface area (Å²) in [4.78, 5) is 12.7. The van der Waals surface area contributed by atoms with Gasteiger partial charge in [-0.25, -0.2) is 5.43 Å². The highest BCUT2D eigenvalue weighted by atomic mass is 35.5. The smallest absolute Gasteiger partial charge is 0.273 e. The molecule has 1 aromatic carbocycles. The zero-order valence-corrected chi connectivity index (χ0v) is 12.3. The number of hydrogen-bond acceptors (Lipinski definition) is 4. The highest BCUT2D eigenvalue weighted by molar-refractivity contribution is 7.18. The molecule has 0 saturated carbocycles. The van der Waals surface area contributed by atoms with Gasteiger partial charge in [0.1, 0.15) is 0 Å². The summed E-state index contributed by atoms with van der Waals surface area (Å²) in [5, 5.41) is 13.8. The van der Waals surface area contributed by atoms with E-state index in [9.17, 15) is 9.90 Å². The third kappa shape index (κ3) is 3.66. The highest BCUT2D eigenvalue weighted by Gasteiger charge is 2.16. The normalized spacial score (nSPS) is 13.1. The third-order valence-electron chi connectivity index (χ3n) is 2.63. The fourth-order valence-corrected chi connectivity index (χ4v) is 2.54. The van der Waals surface area contributed by atoms with Gasteiger partial charge in [0.05, 0.1) is 14.9 Å². The molecule has 2 aromatic rings. The first kappa shape index (κ1) is 14.7. The van der Waals surface area contributed by atoms with Crippen molar-refractivity contribution in [2.45, 2.75) is 13.0 Å². The Bertz CT molecular complexity index is 625. The van der Waals surface area contributed by atoms with Gasteiger partial charge in [0.15, 0.2) is 6.10 Å². The lowest BCUT2D eigenvalue weighted by Gasteiger charge is -2.09. The summed E-state index contributed by atoms with van der Waals surface area (Å²) in [7, 11) is 0. The summed E-state index contributed by atoms with van der Waals surface area (Å²) < 4.78 is 0.658. The van der Waals surface area contributed by atoms with E-state index in [-0.39, 0.29) is 0 Å². The number of rotatable bonds is 4. The molecule has 1 heterocycles. The second-order valence-corrected chi connectivity index (χ2v) is 5.81. The van der Waals surface area contributed by atoms with Gasteiger partial charge >= 0.3 is 0 Å². The highest BCUT2D eigenvalue weighted by Crippen LogP contribution is 2.21. The molecule has 1 aromatic heterocycles. The maximum atomic E-state index is 11.8. The van der Waals surface area contributed by atoms with Gasteiger partial charge in [0.25, 0.3) is 5.91 Å². The van der Waals surface area contributed by atoms with Crippen molar-refractivity contribution in [3.05, 3.63) is 57.2 Å². The first-order valence-corrected chi connectivity index (χ1v) is 7.10. The predicted molar refractivity (Wildman–Crippen MR) is 81.1 cm³/mol. The molecule has 0 aliphatic rings. The van der Waals surface area contributed by atoms with E-state index in [1.807, 2.05) is 12.1 Å². The van der Waals surface area contributed by atoms with E-state index in [1.54, 1.807) is 37.3 Å². The molecule has 0 saturated heterocycles. The number of carbonyl (C=O) groups is 1. The van der Waals surface area contributed by atoms with Crippen LogP contribution in [0.25, 0.3) is 0 Å². The number of amides is 1. The van der Waals surface area contributed by atoms with E-state index in [1.165, 1.54) is 11.3 Å². The van der Waals surface area contributed by atoms with Crippen molar-refractivity contribution in [1.82, 2.24) is 5.43 Å². The average molecular weight is 309 g/mol. The summed E-state index contributed by atoms with van der Waals surface area (Å²) in [5.41, 5.74) is 3.51. The molecule has 20 heavy (non-hydrogen) atoms. The Morgan fingerprint density at radius 3 is 2.60 bits per heavy atom. The molecule has 0 aliphatic carbocycles. The van der Waals surface area contributed by atoms with Crippen LogP contribution in [0, 0.1) is 0 Å². The zero-order valence-electron chi connectivity index (χ0n) is 10.7. The van der Waals surface area contributed by atoms with Crippen LogP contribution in [0.3, 0.4) is 0 Å². The molecule has 6 heteroatoms. The Labute approximate surface area is 125 Å². The van der Waals surface area contributed by atoms with Crippen molar-refractivity contribution in [2.24, 2.45) is 5.10 Å². The molecule has 0 aliphatic heterocycles. The number of hydrazone groups is 1. The topological polar surface area (TPSA) is 61.7 Å². The number of nitrogens with zero attached hydrogens (tertiary/aromatic N) is 1. The predicted octanol–water partition coefficient (Wildman–Crippen LogP) is 2.98. The molecule has 0 bridgehead atoms. The molecule has 4 nitrogen and oxygen atoms in total. The first-order chi connectivity index (χ1) is 9.58. The first-order valence-electron chi connectivity index (χ1n) is 5.91. The van der Waals surface area contributed by atoms with Crippen molar-refractivity contribution in [2.75, 3.05) is 0 Å². The standard InChI is InChI=1S/C14H13ClN2O2S/c1-9(11-7-8-12(15)20-11)16-17-14(19)13(18)10-5-3-2-4-6-10/h2-8,13,18H,1H3,(H,17,19)/b16-9-/t13-/m1/s1. The zero-order chi connectivity index (χ0) is 14.5. The van der Waals surface area contributed by atoms with Crippen molar-refractivity contribution in [3.8, 4) is 0 Å². The quantitative estimate of drug-likeness (QED) is 0.674. The number of thiophene rings is 1. The summed E-state index contributed by atoms with van der Waals surface area (Å²) in [6, 6.07) is 12.3. The molecule has 2 rings (SSSR count). The van der Waals surface area contributed by atoms with Gasteiger partial charge < -0.3 is 5.11 Å². The minimum absolute atomic E-state index is 0.525. The Balaban J connectivity index is 2.01. The SMILES string of the molecule is C/C(=N/NC(=O)[C@H](O)c1ccccc1)c1ccc(Cl)s1. The van der Waals surface area contributed by atoms with Crippen LogP contribution in [0.2, 0.25) is 4.34 Å². The molecular weight excluding hydrogens is 296 g/mol. The van der Waals surface area contributed by atoms with Gasteiger partial charge in [-0.2, -0.15) is 5.10 Å². The van der Waals surface area contributed by atoms with Crippen LogP contribution in [0.15, 0.2) is 47.6 Å². The number of halogens is 1. The maximum Gasteiger partial charge on any atom is 0.273 e. The van der Waals surface area contributed by atoms with Gasteiger partial charge in [-0.15, -0.1) is 11.3 Å². The molecule has 0 fully saturated rings. The summed E-state index contributed by atoms with van der Waals surface area (Å²) >= 11 is 7.21. The molecule has 0 spiro atoms. The summed E-state index contributed by atoms with van der Waals surface area (Å²) in [6.07, 6.45) is -1.24. The number of nitrogens with one attached hydrogen (secondary N) is 1. The Morgan fingerprint density at radius 2 is 2.00 bits per heavy atom. The fraction of sp³-hybridized carbons (Fsp3) is 0.143. The van der Waals surface area contributed by atoms with E-state index in [0.717, 1.165) is 4.88 Å². The molecule has 1 atom stereocenters. The van der Waals surface area contributed by atoms with Crippen molar-refractivity contribution in [1.29, 1.82) is 0 Å². The van der Waals surface area contributed by atoms with Crippen LogP contribution in [0.4, 0.5) is 0 Å². The summed E-state index contributed by atoms with van der Waals surface area (Å²) in [6.45, 7) is 1.76. The van der Waals surface area contributed by atoms with Crippen molar-refractivity contribution >= 4 is 34.6 Å². The molecule has 1 amide bonds. The maximum absolute atomic E-state index is 11.8. The Hall–Kier alpha value is -1.69. The van der Waals surface area contributed by atoms with E-state index in [4.69, 9.17) is 11.6 Å². The molecule has 0 radical (unpaired) electrons. The van der Waals surface area contributed by atoms with Crippen LogP contribution in [0.5, 0.6) is 0 Å². The van der Waals surface area contributed by atoms with Crippen molar-refractivity contribution < 1.29 is 9.90 Å². The molecule has 2 N–H and O–H groups in total. The number of aliphatic hydroxyl groups excluding tert-OH is 1. The van der Waals surface area contributed by atoms with Crippen LogP contribution in [-0.2, 0) is 4.79 Å². The minimum Gasteiger partial charge on any atom is -0.378 e. The van der Waals surface area contributed by atoms with Gasteiger partial charge in [0, 0.05) is 0 Å². The third-order valence-corrected chi connectivity index (χ3v) is 3.97. The van der Waals surface area contributed by atoms with Gasteiger partial charge in [0.2, 0.25) is 0 Å². The van der Waals surface area contributed by atoms with Crippen LogP contribution in [-0.4, -0.2) is 16.7 Å². The number of carbonyl (C=O) groups excluding carboxylic acids is 1. The number of hydrogen-bond donors (Lipinski definition) is 2. The minimum atomic E-state index is -1.24. The largest absolute Gasteiger partial charge is 0.378 e. The van der Waals surface area contributed by atoms with Crippen LogP contribution < -0.4 is 5.43 Å². The summed E-state index contributed by atoms with van der Waals surface area (Å²) in [5.74, 6) is -0.571. The second-order valence-electron chi connectivity index (χ2n) is 4.09. The van der Waals surface area contributed by atoms with E-state index < -0.39 is 12.0 Å². The van der Waals surface area contributed by atoms with Gasteiger partial charge in [-0.3, -0.25) is 4.79 Å². The van der Waals surface area contributed by atoms with E-state index in [2.05, 4.69) is 10.5 Å². The van der Waals surface area contributed by atoms with Gasteiger partial charge in [-0.05, 0) is 24.6 Å². The average Bonchev–Trinajstić information content (AvgIpc) is 2.91. The van der Waals surface area contributed by atoms with Crippen LogP contribution >= 0.6 is 22.9 Å². The van der Waals surface area contributed by atoms with E-state index in [0.29, 0.717) is 15.6 Å². The fourth-order valence-electron chi connectivity index (χ4n) is 1.55. The van der Waals surface area contributed by atoms with E-state index >= 15 is 0 Å². The Morgan fingerprint density at radius 1 is 1.30 bits per heavy atom. The molecule has 104 valence electrons. The second kappa shape index (κ2) is 6.65. The molecular formula is C14H13ClN2O2S.